The number of carbonyl (C=O) groups excluding carboxylic acids is 5. The molecule has 290 valence electrons. The van der Waals surface area contributed by atoms with Gasteiger partial charge in [-0.1, -0.05) is 37.3 Å². The monoisotopic (exact) mass is 748 g/mol. The lowest BCUT2D eigenvalue weighted by Crippen LogP contribution is -2.56. The summed E-state index contributed by atoms with van der Waals surface area (Å²) in [5.74, 6) is -3.89. The summed E-state index contributed by atoms with van der Waals surface area (Å²) in [7, 11) is 0. The van der Waals surface area contributed by atoms with Crippen molar-refractivity contribution in [1.82, 2.24) is 45.8 Å². The van der Waals surface area contributed by atoms with Crippen molar-refractivity contribution in [3.63, 3.8) is 0 Å². The number of hydrogen-bond donors (Lipinski definition) is 6. The highest BCUT2D eigenvalue weighted by atomic mass is 16.4. The third kappa shape index (κ3) is 9.91. The third-order valence-electron chi connectivity index (χ3n) is 10.1. The Labute approximate surface area is 311 Å². The molecule has 1 aliphatic carbocycles. The summed E-state index contributed by atoms with van der Waals surface area (Å²) in [5, 5.41) is 35.7. The van der Waals surface area contributed by atoms with Gasteiger partial charge in [0.1, 0.15) is 17.7 Å². The summed E-state index contributed by atoms with van der Waals surface area (Å²) < 4.78 is 1.47. The van der Waals surface area contributed by atoms with Crippen molar-refractivity contribution in [2.45, 2.75) is 108 Å². The number of ketones is 1. The van der Waals surface area contributed by atoms with Crippen LogP contribution in [0.15, 0.2) is 36.8 Å². The van der Waals surface area contributed by atoms with Gasteiger partial charge in [-0.2, -0.15) is 0 Å². The zero-order chi connectivity index (χ0) is 39.0. The number of likely N-dealkylation sites (tertiary alicyclic amines) is 1. The summed E-state index contributed by atoms with van der Waals surface area (Å²) in [6, 6.07) is 0.701. The third-order valence-corrected chi connectivity index (χ3v) is 10.1. The van der Waals surface area contributed by atoms with Gasteiger partial charge in [0.15, 0.2) is 0 Å². The normalized spacial score (nSPS) is 18.8. The van der Waals surface area contributed by atoms with Crippen LogP contribution < -0.4 is 21.7 Å². The van der Waals surface area contributed by atoms with Crippen molar-refractivity contribution in [1.29, 1.82) is 0 Å². The Kier molecular flexibility index (Phi) is 12.9. The van der Waals surface area contributed by atoms with Gasteiger partial charge in [-0.3, -0.25) is 33.9 Å². The van der Waals surface area contributed by atoms with Crippen LogP contribution in [0.5, 0.6) is 0 Å². The van der Waals surface area contributed by atoms with Crippen molar-refractivity contribution < 1.29 is 39.0 Å². The molecule has 2 aliphatic rings. The SMILES string of the molecule is CC(C)(O)c1cnnn1[C@H]1C[C@@H](C(=O)NC(CCCCNC(=O)O)C(=O)C(N)=O)N(C(=O)[C@@H](CC2CCCCC2)NC(=O)c2ccc3nccnc3c2)C1. The van der Waals surface area contributed by atoms with Crippen LogP contribution in [-0.4, -0.2) is 107 Å². The minimum absolute atomic E-state index is 0.0114. The molecule has 5 amide bonds. The number of amides is 5. The number of unbranched alkanes of at least 4 members (excludes halogenated alkanes) is 1. The molecule has 1 saturated heterocycles. The van der Waals surface area contributed by atoms with Crippen LogP contribution in [0, 0.1) is 5.92 Å². The molecule has 3 aromatic rings. The number of benzene rings is 1. The molecular weight excluding hydrogens is 700 g/mol. The van der Waals surface area contributed by atoms with E-state index >= 15 is 0 Å². The second-order valence-electron chi connectivity index (χ2n) is 14.6. The molecular formula is C36H48N10O8. The molecule has 4 atom stereocenters. The smallest absolute Gasteiger partial charge is 0.404 e. The standard InChI is InChI=1S/C36H48N10O8/c1-36(2,54)29-19-41-44-46(29)23-18-28(33(50)42-25(30(47)31(37)48)10-6-7-13-40-35(52)53)45(20-23)34(51)27(16-21-8-4-3-5-9-21)43-32(49)22-11-12-24-26(17-22)39-15-14-38-24/h11-12,14-15,17,19,21,23,25,27-28,40,54H,3-10,13,16,18,20H2,1-2H3,(H2,37,48)(H,42,50)(H,43,49)(H,52,53)/t23-,25?,27+,28-/m0/s1. The Hall–Kier alpha value is -5.52. The Morgan fingerprint density at radius 1 is 0.981 bits per heavy atom. The molecule has 1 aromatic carbocycles. The second kappa shape index (κ2) is 17.5. The average molecular weight is 749 g/mol. The number of carboxylic acid groups (broad SMARTS) is 1. The Morgan fingerprint density at radius 3 is 2.39 bits per heavy atom. The Balaban J connectivity index is 1.44. The quantitative estimate of drug-likeness (QED) is 0.0896. The number of rotatable bonds is 16. The van der Waals surface area contributed by atoms with Crippen LogP contribution >= 0.6 is 0 Å². The topological polar surface area (TPSA) is 265 Å². The zero-order valence-corrected chi connectivity index (χ0v) is 30.4. The number of nitrogens with two attached hydrogens (primary N) is 1. The number of carbonyl (C=O) groups is 6. The molecule has 1 aliphatic heterocycles. The van der Waals surface area contributed by atoms with Gasteiger partial charge in [0, 0.05) is 37.5 Å². The number of hydrogen-bond acceptors (Lipinski definition) is 11. The van der Waals surface area contributed by atoms with Crippen LogP contribution in [0.1, 0.15) is 100 Å². The predicted octanol–water partition coefficient (Wildman–Crippen LogP) is 1.34. The second-order valence-corrected chi connectivity index (χ2v) is 14.6. The maximum absolute atomic E-state index is 14.8. The van der Waals surface area contributed by atoms with Crippen molar-refractivity contribution in [2.24, 2.45) is 11.7 Å². The van der Waals surface area contributed by atoms with E-state index in [9.17, 15) is 33.9 Å². The molecule has 2 aromatic heterocycles. The lowest BCUT2D eigenvalue weighted by molar-refractivity contribution is -0.142. The average Bonchev–Trinajstić information content (AvgIpc) is 3.82. The molecule has 1 unspecified atom stereocenters. The number of fused-ring (bicyclic) bond motifs is 1. The summed E-state index contributed by atoms with van der Waals surface area (Å²) in [4.78, 5) is 88.3. The maximum Gasteiger partial charge on any atom is 0.404 e. The van der Waals surface area contributed by atoms with Crippen LogP contribution in [0.2, 0.25) is 0 Å². The number of nitrogens with zero attached hydrogens (tertiary/aromatic N) is 6. The van der Waals surface area contributed by atoms with Gasteiger partial charge in [0.2, 0.25) is 17.6 Å². The molecule has 0 bridgehead atoms. The Bertz CT molecular complexity index is 1850. The van der Waals surface area contributed by atoms with Gasteiger partial charge in [0.05, 0.1) is 35.0 Å². The number of aliphatic hydroxyl groups is 1. The van der Waals surface area contributed by atoms with Crippen molar-refractivity contribution >= 4 is 46.5 Å². The molecule has 54 heavy (non-hydrogen) atoms. The first-order chi connectivity index (χ1) is 25.7. The number of primary amides is 1. The van der Waals surface area contributed by atoms with Gasteiger partial charge in [-0.25, -0.2) is 9.48 Å². The van der Waals surface area contributed by atoms with Gasteiger partial charge in [0.25, 0.3) is 11.8 Å². The molecule has 3 heterocycles. The van der Waals surface area contributed by atoms with E-state index in [0.29, 0.717) is 29.6 Å². The highest BCUT2D eigenvalue weighted by Gasteiger charge is 2.45. The summed E-state index contributed by atoms with van der Waals surface area (Å²) in [6.07, 6.45) is 9.01. The fourth-order valence-electron chi connectivity index (χ4n) is 7.34. The van der Waals surface area contributed by atoms with E-state index in [1.54, 1.807) is 38.2 Å². The van der Waals surface area contributed by atoms with Crippen LogP contribution in [0.4, 0.5) is 4.79 Å². The van der Waals surface area contributed by atoms with Crippen molar-refractivity contribution in [2.75, 3.05) is 13.1 Å². The lowest BCUT2D eigenvalue weighted by Gasteiger charge is -2.32. The Morgan fingerprint density at radius 2 is 1.70 bits per heavy atom. The maximum atomic E-state index is 14.8. The van der Waals surface area contributed by atoms with E-state index in [4.69, 9.17) is 10.8 Å². The van der Waals surface area contributed by atoms with Gasteiger partial charge < -0.3 is 36.8 Å². The first-order valence-corrected chi connectivity index (χ1v) is 18.3. The molecule has 0 spiro atoms. The number of Topliss-reactive ketones (excluding diaryl/α,β-unsaturated/α-hetero) is 1. The fourth-order valence-corrected chi connectivity index (χ4v) is 7.34. The molecule has 2 fully saturated rings. The first-order valence-electron chi connectivity index (χ1n) is 18.3. The van der Waals surface area contributed by atoms with Crippen molar-refractivity contribution in [3.8, 4) is 0 Å². The van der Waals surface area contributed by atoms with E-state index in [1.165, 1.54) is 22.0 Å². The van der Waals surface area contributed by atoms with E-state index in [1.807, 2.05) is 0 Å². The molecule has 18 nitrogen and oxygen atoms in total. The molecule has 5 rings (SSSR count). The van der Waals surface area contributed by atoms with Crippen LogP contribution in [-0.2, 0) is 24.8 Å². The predicted molar refractivity (Wildman–Crippen MR) is 192 cm³/mol. The fraction of sp³-hybridized carbons (Fsp3) is 0.556. The summed E-state index contributed by atoms with van der Waals surface area (Å²) in [5.41, 5.74) is 5.70. The van der Waals surface area contributed by atoms with Crippen LogP contribution in [0.3, 0.4) is 0 Å². The minimum atomic E-state index is -1.37. The molecule has 1 saturated carbocycles. The van der Waals surface area contributed by atoms with E-state index < -0.39 is 65.3 Å². The van der Waals surface area contributed by atoms with E-state index in [0.717, 1.165) is 32.1 Å². The van der Waals surface area contributed by atoms with Gasteiger partial charge in [-0.05, 0) is 63.6 Å². The highest BCUT2D eigenvalue weighted by molar-refractivity contribution is 6.37. The molecule has 7 N–H and O–H groups in total. The number of aromatic nitrogens is 5. The largest absolute Gasteiger partial charge is 0.465 e. The highest BCUT2D eigenvalue weighted by Crippen LogP contribution is 2.33. The molecule has 18 heteroatoms. The first kappa shape index (κ1) is 39.7. The molecule has 0 radical (unpaired) electrons. The van der Waals surface area contributed by atoms with E-state index in [2.05, 4.69) is 36.2 Å². The van der Waals surface area contributed by atoms with Crippen LogP contribution in [0.25, 0.3) is 11.0 Å². The van der Waals surface area contributed by atoms with Crippen molar-refractivity contribution in [3.05, 3.63) is 48.0 Å². The minimum Gasteiger partial charge on any atom is -0.465 e. The van der Waals surface area contributed by atoms with Gasteiger partial charge >= 0.3 is 6.09 Å². The van der Waals surface area contributed by atoms with E-state index in [-0.39, 0.29) is 43.8 Å². The van der Waals surface area contributed by atoms with Gasteiger partial charge in [-0.15, -0.1) is 5.10 Å². The summed E-state index contributed by atoms with van der Waals surface area (Å²) in [6.45, 7) is 3.17. The zero-order valence-electron chi connectivity index (χ0n) is 30.4. The summed E-state index contributed by atoms with van der Waals surface area (Å²) >= 11 is 0. The number of nitrogens with one attached hydrogen (secondary N) is 3. The lowest BCUT2D eigenvalue weighted by atomic mass is 9.84.